The summed E-state index contributed by atoms with van der Waals surface area (Å²) in [6.45, 7) is 6.36. The van der Waals surface area contributed by atoms with Gasteiger partial charge in [0.05, 0.1) is 6.61 Å². The van der Waals surface area contributed by atoms with Crippen molar-refractivity contribution in [2.75, 3.05) is 20.7 Å². The second kappa shape index (κ2) is 8.32. The van der Waals surface area contributed by atoms with Gasteiger partial charge < -0.3 is 10.1 Å². The molecule has 0 radical (unpaired) electrons. The third-order valence-corrected chi connectivity index (χ3v) is 1.43. The molecule has 0 atom stereocenters. The number of ether oxygens (including phenoxy) is 1. The Morgan fingerprint density at radius 3 is 2.14 bits per heavy atom. The molecule has 1 aromatic rings. The smallest absolute Gasteiger partial charge is 0.119 e. The molecule has 14 heavy (non-hydrogen) atoms. The minimum Gasteiger partial charge on any atom is -0.494 e. The molecule has 0 bridgehead atoms. The van der Waals surface area contributed by atoms with Crippen molar-refractivity contribution in [1.82, 2.24) is 5.32 Å². The van der Waals surface area contributed by atoms with E-state index in [0.29, 0.717) is 6.61 Å². The normalized spacial score (nSPS) is 8.50. The lowest BCUT2D eigenvalue weighted by atomic mass is 10.2. The molecule has 1 aromatic carbocycles. The van der Waals surface area contributed by atoms with Crippen molar-refractivity contribution >= 4 is 6.08 Å². The summed E-state index contributed by atoms with van der Waals surface area (Å²) in [5.74, 6) is 0.915. The molecule has 0 unspecified atom stereocenters. The van der Waals surface area contributed by atoms with E-state index in [1.807, 2.05) is 51.4 Å². The van der Waals surface area contributed by atoms with Crippen LogP contribution in [0.15, 0.2) is 30.8 Å². The lowest BCUT2D eigenvalue weighted by Crippen LogP contribution is -1.90. The first-order valence-electron chi connectivity index (χ1n) is 4.72. The molecular formula is C12H19NO. The molecule has 2 nitrogen and oxygen atoms in total. The molecule has 0 spiro atoms. The third kappa shape index (κ3) is 5.38. The average molecular weight is 193 g/mol. The second-order valence-electron chi connectivity index (χ2n) is 2.71. The van der Waals surface area contributed by atoms with Gasteiger partial charge in [0, 0.05) is 0 Å². The molecule has 1 rings (SSSR count). The van der Waals surface area contributed by atoms with Gasteiger partial charge in [0.15, 0.2) is 0 Å². The van der Waals surface area contributed by atoms with Gasteiger partial charge in [0.25, 0.3) is 0 Å². The Kier molecular flexibility index (Phi) is 7.56. The van der Waals surface area contributed by atoms with Gasteiger partial charge in [-0.05, 0) is 38.7 Å². The van der Waals surface area contributed by atoms with Gasteiger partial charge >= 0.3 is 0 Å². The monoisotopic (exact) mass is 193 g/mol. The van der Waals surface area contributed by atoms with Gasteiger partial charge in [0.1, 0.15) is 5.75 Å². The van der Waals surface area contributed by atoms with Crippen LogP contribution in [-0.2, 0) is 0 Å². The predicted molar refractivity (Wildman–Crippen MR) is 62.7 cm³/mol. The molecule has 0 aliphatic carbocycles. The van der Waals surface area contributed by atoms with Crippen molar-refractivity contribution in [2.45, 2.75) is 6.92 Å². The van der Waals surface area contributed by atoms with Crippen LogP contribution >= 0.6 is 0 Å². The summed E-state index contributed by atoms with van der Waals surface area (Å²) in [6, 6.07) is 7.86. The Bertz CT molecular complexity index is 241. The Morgan fingerprint density at radius 1 is 1.29 bits per heavy atom. The number of hydrogen-bond acceptors (Lipinski definition) is 2. The van der Waals surface area contributed by atoms with Crippen LogP contribution in [0.4, 0.5) is 0 Å². The first-order valence-corrected chi connectivity index (χ1v) is 4.72. The zero-order chi connectivity index (χ0) is 10.8. The zero-order valence-corrected chi connectivity index (χ0v) is 9.21. The second-order valence-corrected chi connectivity index (χ2v) is 2.71. The number of hydrogen-bond donors (Lipinski definition) is 1. The van der Waals surface area contributed by atoms with Gasteiger partial charge in [-0.2, -0.15) is 0 Å². The molecular weight excluding hydrogens is 174 g/mol. The molecule has 1 N–H and O–H groups in total. The summed E-state index contributed by atoms with van der Waals surface area (Å²) in [6.07, 6.45) is 1.82. The lowest BCUT2D eigenvalue weighted by molar-refractivity contribution is 0.340. The standard InChI is InChI=1S/C10H12O.C2H7N/c1-3-9-5-7-10(8-6-9)11-4-2;1-3-2/h3,5-8H,1,4H2,2H3;3H,1-2H3. The molecule has 0 saturated heterocycles. The molecule has 0 saturated carbocycles. The van der Waals surface area contributed by atoms with Crippen LogP contribution in [-0.4, -0.2) is 20.7 Å². The molecule has 0 aliphatic rings. The fraction of sp³-hybridized carbons (Fsp3) is 0.333. The number of nitrogens with one attached hydrogen (secondary N) is 1. The summed E-state index contributed by atoms with van der Waals surface area (Å²) in [7, 11) is 3.75. The van der Waals surface area contributed by atoms with E-state index in [9.17, 15) is 0 Å². The van der Waals surface area contributed by atoms with Crippen molar-refractivity contribution < 1.29 is 4.74 Å². The molecule has 0 fully saturated rings. The van der Waals surface area contributed by atoms with Crippen LogP contribution in [0.25, 0.3) is 6.08 Å². The maximum atomic E-state index is 5.27. The zero-order valence-electron chi connectivity index (χ0n) is 9.21. The van der Waals surface area contributed by atoms with E-state index in [2.05, 4.69) is 11.9 Å². The van der Waals surface area contributed by atoms with E-state index in [-0.39, 0.29) is 0 Å². The molecule has 0 aromatic heterocycles. The van der Waals surface area contributed by atoms with E-state index < -0.39 is 0 Å². The van der Waals surface area contributed by atoms with Crippen molar-refractivity contribution in [2.24, 2.45) is 0 Å². The van der Waals surface area contributed by atoms with Gasteiger partial charge in [-0.25, -0.2) is 0 Å². The summed E-state index contributed by atoms with van der Waals surface area (Å²) in [5.41, 5.74) is 1.12. The lowest BCUT2D eigenvalue weighted by Gasteiger charge is -2.01. The van der Waals surface area contributed by atoms with Crippen LogP contribution in [0.2, 0.25) is 0 Å². The highest BCUT2D eigenvalue weighted by Gasteiger charge is 1.89. The highest BCUT2D eigenvalue weighted by atomic mass is 16.5. The molecule has 0 amide bonds. The highest BCUT2D eigenvalue weighted by Crippen LogP contribution is 2.12. The minimum atomic E-state index is 0.716. The number of rotatable bonds is 3. The third-order valence-electron chi connectivity index (χ3n) is 1.43. The summed E-state index contributed by atoms with van der Waals surface area (Å²) in [4.78, 5) is 0. The van der Waals surface area contributed by atoms with E-state index in [1.54, 1.807) is 0 Å². The Labute approximate surface area is 86.6 Å². The quantitative estimate of drug-likeness (QED) is 0.796. The maximum Gasteiger partial charge on any atom is 0.119 e. The predicted octanol–water partition coefficient (Wildman–Crippen LogP) is 2.56. The van der Waals surface area contributed by atoms with E-state index >= 15 is 0 Å². The van der Waals surface area contributed by atoms with Crippen LogP contribution in [0.3, 0.4) is 0 Å². The van der Waals surface area contributed by atoms with Gasteiger partial charge in [-0.15, -0.1) is 0 Å². The van der Waals surface area contributed by atoms with E-state index in [0.717, 1.165) is 11.3 Å². The van der Waals surface area contributed by atoms with Crippen LogP contribution < -0.4 is 10.1 Å². The summed E-state index contributed by atoms with van der Waals surface area (Å²) >= 11 is 0. The van der Waals surface area contributed by atoms with Crippen LogP contribution in [0.1, 0.15) is 12.5 Å². The van der Waals surface area contributed by atoms with E-state index in [4.69, 9.17) is 4.74 Å². The topological polar surface area (TPSA) is 21.3 Å². The first-order chi connectivity index (χ1) is 6.78. The van der Waals surface area contributed by atoms with Gasteiger partial charge in [-0.3, -0.25) is 0 Å². The average Bonchev–Trinajstić information content (AvgIpc) is 2.21. The fourth-order valence-electron chi connectivity index (χ4n) is 0.867. The van der Waals surface area contributed by atoms with Crippen molar-refractivity contribution in [1.29, 1.82) is 0 Å². The molecule has 78 valence electrons. The Balaban J connectivity index is 0.000000500. The van der Waals surface area contributed by atoms with Crippen LogP contribution in [0.5, 0.6) is 5.75 Å². The molecule has 0 aliphatic heterocycles. The summed E-state index contributed by atoms with van der Waals surface area (Å²) in [5, 5.41) is 2.75. The maximum absolute atomic E-state index is 5.27. The van der Waals surface area contributed by atoms with E-state index in [1.165, 1.54) is 0 Å². The van der Waals surface area contributed by atoms with Crippen molar-refractivity contribution in [3.05, 3.63) is 36.4 Å². The molecule has 0 heterocycles. The number of benzene rings is 1. The Hall–Kier alpha value is -1.28. The van der Waals surface area contributed by atoms with Crippen molar-refractivity contribution in [3.8, 4) is 5.75 Å². The first kappa shape index (κ1) is 12.7. The van der Waals surface area contributed by atoms with Crippen molar-refractivity contribution in [3.63, 3.8) is 0 Å². The summed E-state index contributed by atoms with van der Waals surface area (Å²) < 4.78 is 5.27. The van der Waals surface area contributed by atoms with Gasteiger partial charge in [0.2, 0.25) is 0 Å². The minimum absolute atomic E-state index is 0.716. The molecule has 2 heteroatoms. The largest absolute Gasteiger partial charge is 0.494 e. The Morgan fingerprint density at radius 2 is 1.79 bits per heavy atom. The highest BCUT2D eigenvalue weighted by molar-refractivity contribution is 5.48. The fourth-order valence-corrected chi connectivity index (χ4v) is 0.867. The SMILES string of the molecule is C=Cc1ccc(OCC)cc1.CNC. The van der Waals surface area contributed by atoms with Crippen LogP contribution in [0, 0.1) is 0 Å². The van der Waals surface area contributed by atoms with Gasteiger partial charge in [-0.1, -0.05) is 24.8 Å².